The third-order valence-electron chi connectivity index (χ3n) is 12.1. The molecular weight excluding hydrogens is 436 g/mol. The lowest BCUT2D eigenvalue weighted by Crippen LogP contribution is -2.54. The van der Waals surface area contributed by atoms with E-state index in [-0.39, 0.29) is 23.5 Å². The van der Waals surface area contributed by atoms with Crippen molar-refractivity contribution in [1.82, 2.24) is 0 Å². The number of carbonyl (C=O) groups excluding carboxylic acids is 2. The zero-order valence-corrected chi connectivity index (χ0v) is 23.7. The molecule has 0 radical (unpaired) electrons. The predicted molar refractivity (Wildman–Crippen MR) is 140 cm³/mol. The Labute approximate surface area is 214 Å². The Kier molecular flexibility index (Phi) is 7.72. The van der Waals surface area contributed by atoms with Crippen molar-refractivity contribution in [3.8, 4) is 0 Å². The number of esters is 2. The minimum absolute atomic E-state index is 0.00552. The first-order valence-corrected chi connectivity index (χ1v) is 14.7. The Morgan fingerprint density at radius 1 is 0.971 bits per heavy atom. The second kappa shape index (κ2) is 10.0. The molecule has 0 heterocycles. The Bertz CT molecular complexity index is 789. The molecule has 4 aliphatic rings. The summed E-state index contributed by atoms with van der Waals surface area (Å²) in [5.41, 5.74) is 0.458. The lowest BCUT2D eigenvalue weighted by molar-refractivity contribution is -0.171. The van der Waals surface area contributed by atoms with Gasteiger partial charge >= 0.3 is 11.9 Å². The molecule has 4 rings (SSSR count). The Balaban J connectivity index is 1.41. The molecule has 9 unspecified atom stereocenters. The van der Waals surface area contributed by atoms with Crippen LogP contribution in [0.4, 0.5) is 0 Å². The molecule has 200 valence electrons. The third-order valence-corrected chi connectivity index (χ3v) is 12.1. The predicted octanol–water partition coefficient (Wildman–Crippen LogP) is 7.58. The number of ether oxygens (including phenoxy) is 2. The van der Waals surface area contributed by atoms with Crippen LogP contribution >= 0.6 is 0 Å². The summed E-state index contributed by atoms with van der Waals surface area (Å²) < 4.78 is 11.0. The van der Waals surface area contributed by atoms with E-state index in [1.165, 1.54) is 52.1 Å². The number of hydrogen-bond donors (Lipinski definition) is 0. The van der Waals surface area contributed by atoms with Crippen LogP contribution in [0.2, 0.25) is 0 Å². The van der Waals surface area contributed by atoms with Crippen LogP contribution < -0.4 is 0 Å². The van der Waals surface area contributed by atoms with E-state index in [4.69, 9.17) is 9.47 Å². The zero-order valence-electron chi connectivity index (χ0n) is 23.7. The van der Waals surface area contributed by atoms with Gasteiger partial charge in [0.1, 0.15) is 6.10 Å². The van der Waals surface area contributed by atoms with Crippen LogP contribution in [0.25, 0.3) is 0 Å². The zero-order chi connectivity index (χ0) is 25.6. The second-order valence-electron chi connectivity index (χ2n) is 14.0. The first-order valence-electron chi connectivity index (χ1n) is 14.7. The summed E-state index contributed by atoms with van der Waals surface area (Å²) in [5.74, 6) is 4.47. The average Bonchev–Trinajstić information content (AvgIpc) is 3.19. The maximum absolute atomic E-state index is 12.7. The molecule has 0 aliphatic heterocycles. The van der Waals surface area contributed by atoms with E-state index in [9.17, 15) is 9.59 Å². The van der Waals surface area contributed by atoms with Gasteiger partial charge in [-0.25, -0.2) is 0 Å². The summed E-state index contributed by atoms with van der Waals surface area (Å²) in [6.45, 7) is 13.7. The molecular formula is C31H52O4. The fraction of sp³-hybridized carbons (Fsp3) is 0.935. The lowest BCUT2D eigenvalue weighted by atomic mass is 9.44. The molecule has 0 spiro atoms. The van der Waals surface area contributed by atoms with E-state index in [0.717, 1.165) is 49.4 Å². The van der Waals surface area contributed by atoms with Crippen LogP contribution in [-0.2, 0) is 19.1 Å². The molecule has 0 aromatic heterocycles. The molecule has 0 aromatic carbocycles. The van der Waals surface area contributed by atoms with E-state index in [1.54, 1.807) is 0 Å². The Morgan fingerprint density at radius 2 is 1.66 bits per heavy atom. The fourth-order valence-corrected chi connectivity index (χ4v) is 9.41. The highest BCUT2D eigenvalue weighted by Crippen LogP contribution is 2.68. The Hall–Kier alpha value is -1.06. The normalized spacial score (nSPS) is 41.8. The summed E-state index contributed by atoms with van der Waals surface area (Å²) in [6.07, 6.45) is 13.8. The molecule has 0 amide bonds. The van der Waals surface area contributed by atoms with Gasteiger partial charge in [-0.15, -0.1) is 0 Å². The van der Waals surface area contributed by atoms with Crippen molar-refractivity contribution in [2.24, 2.45) is 51.8 Å². The van der Waals surface area contributed by atoms with Crippen molar-refractivity contribution >= 4 is 11.9 Å². The topological polar surface area (TPSA) is 52.6 Å². The van der Waals surface area contributed by atoms with Gasteiger partial charge in [0.15, 0.2) is 0 Å². The smallest absolute Gasteiger partial charge is 0.311 e. The standard InChI is InChI=1S/C31H52O4/c1-8-29(3,4)28(33)35-22-15-17-30(5)21(19-22)10-11-23-25-13-12-24(20(2)9-14-27(32)34-7)31(25,6)18-16-26(23)30/h20-26H,8-19H2,1-7H3. The first kappa shape index (κ1) is 27.0. The maximum Gasteiger partial charge on any atom is 0.311 e. The quantitative estimate of drug-likeness (QED) is 0.347. The Morgan fingerprint density at radius 3 is 2.34 bits per heavy atom. The monoisotopic (exact) mass is 488 g/mol. The van der Waals surface area contributed by atoms with Crippen LogP contribution in [0.5, 0.6) is 0 Å². The van der Waals surface area contributed by atoms with Gasteiger partial charge < -0.3 is 9.47 Å². The molecule has 4 nitrogen and oxygen atoms in total. The lowest BCUT2D eigenvalue weighted by Gasteiger charge is -2.61. The van der Waals surface area contributed by atoms with Crippen molar-refractivity contribution in [2.75, 3.05) is 7.11 Å². The van der Waals surface area contributed by atoms with Crippen LogP contribution in [0, 0.1) is 51.8 Å². The van der Waals surface area contributed by atoms with E-state index in [2.05, 4.69) is 27.7 Å². The first-order chi connectivity index (χ1) is 16.5. The molecule has 4 heteroatoms. The largest absolute Gasteiger partial charge is 0.469 e. The average molecular weight is 489 g/mol. The van der Waals surface area contributed by atoms with Crippen molar-refractivity contribution in [1.29, 1.82) is 0 Å². The molecule has 0 bridgehead atoms. The molecule has 0 N–H and O–H groups in total. The van der Waals surface area contributed by atoms with Gasteiger partial charge in [-0.1, -0.05) is 27.7 Å². The number of fused-ring (bicyclic) bond motifs is 5. The van der Waals surface area contributed by atoms with Gasteiger partial charge in [0.25, 0.3) is 0 Å². The SMILES string of the molecule is CCC(C)(C)C(=O)OC1CCC2(C)C(CCC3C2CCC2(C)C(C(C)CCC(=O)OC)CCC32)C1. The van der Waals surface area contributed by atoms with E-state index < -0.39 is 0 Å². The minimum atomic E-state index is -0.376. The van der Waals surface area contributed by atoms with Crippen molar-refractivity contribution in [3.05, 3.63) is 0 Å². The maximum atomic E-state index is 12.7. The van der Waals surface area contributed by atoms with E-state index >= 15 is 0 Å². The number of hydrogen-bond acceptors (Lipinski definition) is 4. The number of rotatable bonds is 7. The van der Waals surface area contributed by atoms with Crippen molar-refractivity contribution in [2.45, 2.75) is 125 Å². The number of carbonyl (C=O) groups is 2. The highest BCUT2D eigenvalue weighted by molar-refractivity contribution is 5.76. The van der Waals surface area contributed by atoms with E-state index in [0.29, 0.717) is 29.1 Å². The van der Waals surface area contributed by atoms with Gasteiger partial charge in [0.2, 0.25) is 0 Å². The third kappa shape index (κ3) is 4.81. The van der Waals surface area contributed by atoms with Crippen LogP contribution in [0.1, 0.15) is 119 Å². The van der Waals surface area contributed by atoms with Gasteiger partial charge in [0.05, 0.1) is 12.5 Å². The summed E-state index contributed by atoms with van der Waals surface area (Å²) in [7, 11) is 1.50. The second-order valence-corrected chi connectivity index (χ2v) is 14.0. The van der Waals surface area contributed by atoms with Gasteiger partial charge in [-0.3, -0.25) is 9.59 Å². The van der Waals surface area contributed by atoms with Gasteiger partial charge in [-0.2, -0.15) is 0 Å². The van der Waals surface area contributed by atoms with Crippen molar-refractivity contribution < 1.29 is 19.1 Å². The number of methoxy groups -OCH3 is 1. The molecule has 0 aromatic rings. The molecule has 4 fully saturated rings. The van der Waals surface area contributed by atoms with Crippen LogP contribution in [-0.4, -0.2) is 25.2 Å². The molecule has 4 saturated carbocycles. The van der Waals surface area contributed by atoms with Gasteiger partial charge in [0, 0.05) is 6.42 Å². The summed E-state index contributed by atoms with van der Waals surface area (Å²) >= 11 is 0. The molecule has 4 aliphatic carbocycles. The van der Waals surface area contributed by atoms with Crippen LogP contribution in [0.3, 0.4) is 0 Å². The molecule has 9 atom stereocenters. The summed E-state index contributed by atoms with van der Waals surface area (Å²) in [5, 5.41) is 0. The minimum Gasteiger partial charge on any atom is -0.469 e. The summed E-state index contributed by atoms with van der Waals surface area (Å²) in [6, 6.07) is 0. The highest BCUT2D eigenvalue weighted by Gasteiger charge is 2.60. The van der Waals surface area contributed by atoms with Crippen LogP contribution in [0.15, 0.2) is 0 Å². The fourth-order valence-electron chi connectivity index (χ4n) is 9.41. The molecule has 0 saturated heterocycles. The van der Waals surface area contributed by atoms with E-state index in [1.807, 2.05) is 13.8 Å². The summed E-state index contributed by atoms with van der Waals surface area (Å²) in [4.78, 5) is 24.5. The van der Waals surface area contributed by atoms with Crippen molar-refractivity contribution in [3.63, 3.8) is 0 Å². The highest BCUT2D eigenvalue weighted by atomic mass is 16.5. The molecule has 35 heavy (non-hydrogen) atoms. The van der Waals surface area contributed by atoms with Gasteiger partial charge in [-0.05, 0) is 131 Å².